The average molecular weight is 252 g/mol. The van der Waals surface area contributed by atoms with Gasteiger partial charge in [-0.3, -0.25) is 0 Å². The van der Waals surface area contributed by atoms with Crippen molar-refractivity contribution in [2.24, 2.45) is 0 Å². The minimum atomic E-state index is -0.539. The quantitative estimate of drug-likeness (QED) is 0.852. The van der Waals surface area contributed by atoms with Crippen molar-refractivity contribution in [2.45, 2.75) is 18.9 Å². The maximum Gasteiger partial charge on any atom is 0.317 e. The molecule has 1 atom stereocenters. The molecule has 0 aromatic heterocycles. The minimum absolute atomic E-state index is 0.158. The van der Waals surface area contributed by atoms with Crippen LogP contribution < -0.4 is 5.32 Å². The largest absolute Gasteiger partial charge is 0.392 e. The topological polar surface area (TPSA) is 52.6 Å². The van der Waals surface area contributed by atoms with Gasteiger partial charge < -0.3 is 15.3 Å². The standard InChI is InChI=1S/C13H17FN2O2/c1-9(17)6-15-13(18)16-7-11(8-16)10-2-4-12(14)5-3-10/h2-5,9,11,17H,6-8H2,1H3,(H,15,18)/t9-/m1/s1. The van der Waals surface area contributed by atoms with Crippen LogP contribution in [0.4, 0.5) is 9.18 Å². The predicted octanol–water partition coefficient (Wildman–Crippen LogP) is 1.32. The fourth-order valence-electron chi connectivity index (χ4n) is 1.94. The summed E-state index contributed by atoms with van der Waals surface area (Å²) < 4.78 is 12.8. The van der Waals surface area contributed by atoms with E-state index in [2.05, 4.69) is 5.32 Å². The molecule has 1 aliphatic rings. The SMILES string of the molecule is C[C@@H](O)CNC(=O)N1CC(c2ccc(F)cc2)C1. The fourth-order valence-corrected chi connectivity index (χ4v) is 1.94. The van der Waals surface area contributed by atoms with E-state index in [1.54, 1.807) is 24.0 Å². The number of aliphatic hydroxyl groups excluding tert-OH is 1. The van der Waals surface area contributed by atoms with Gasteiger partial charge in [0.15, 0.2) is 0 Å². The van der Waals surface area contributed by atoms with Gasteiger partial charge in [-0.15, -0.1) is 0 Å². The lowest BCUT2D eigenvalue weighted by Gasteiger charge is -2.39. The third kappa shape index (κ3) is 2.98. The number of carbonyl (C=O) groups excluding carboxylic acids is 1. The van der Waals surface area contributed by atoms with Crippen LogP contribution in [0.1, 0.15) is 18.4 Å². The van der Waals surface area contributed by atoms with Gasteiger partial charge in [0.2, 0.25) is 0 Å². The number of nitrogens with one attached hydrogen (secondary N) is 1. The van der Waals surface area contributed by atoms with Crippen LogP contribution in [0.15, 0.2) is 24.3 Å². The lowest BCUT2D eigenvalue weighted by Crippen LogP contribution is -2.53. The molecule has 0 saturated carbocycles. The molecule has 1 heterocycles. The first-order valence-corrected chi connectivity index (χ1v) is 6.02. The molecule has 0 radical (unpaired) electrons. The molecular weight excluding hydrogens is 235 g/mol. The molecular formula is C13H17FN2O2. The molecule has 0 unspecified atom stereocenters. The Morgan fingerprint density at radius 3 is 2.67 bits per heavy atom. The molecule has 98 valence electrons. The molecule has 0 spiro atoms. The molecule has 1 fully saturated rings. The van der Waals surface area contributed by atoms with Crippen LogP contribution in [0.25, 0.3) is 0 Å². The van der Waals surface area contributed by atoms with Crippen molar-refractivity contribution in [3.63, 3.8) is 0 Å². The average Bonchev–Trinajstić information content (AvgIpc) is 2.27. The summed E-state index contributed by atoms with van der Waals surface area (Å²) in [7, 11) is 0. The van der Waals surface area contributed by atoms with E-state index in [0.717, 1.165) is 5.56 Å². The Balaban J connectivity index is 1.79. The normalized spacial score (nSPS) is 17.2. The first-order chi connectivity index (χ1) is 8.56. The number of urea groups is 1. The highest BCUT2D eigenvalue weighted by molar-refractivity contribution is 5.75. The lowest BCUT2D eigenvalue weighted by molar-refractivity contribution is 0.141. The number of aliphatic hydroxyl groups is 1. The predicted molar refractivity (Wildman–Crippen MR) is 65.8 cm³/mol. The number of hydrogen-bond acceptors (Lipinski definition) is 2. The van der Waals surface area contributed by atoms with Gasteiger partial charge in [0.1, 0.15) is 5.82 Å². The maximum absolute atomic E-state index is 12.8. The van der Waals surface area contributed by atoms with Gasteiger partial charge in [0, 0.05) is 25.6 Å². The van der Waals surface area contributed by atoms with Crippen LogP contribution >= 0.6 is 0 Å². The minimum Gasteiger partial charge on any atom is -0.392 e. The third-order valence-electron chi connectivity index (χ3n) is 3.06. The van der Waals surface area contributed by atoms with Crippen LogP contribution in [0.5, 0.6) is 0 Å². The smallest absolute Gasteiger partial charge is 0.317 e. The summed E-state index contributed by atoms with van der Waals surface area (Å²) in [6.45, 7) is 3.16. The molecule has 5 heteroatoms. The number of rotatable bonds is 3. The van der Waals surface area contributed by atoms with Crippen molar-refractivity contribution in [3.05, 3.63) is 35.6 Å². The molecule has 1 aliphatic heterocycles. The van der Waals surface area contributed by atoms with Crippen LogP contribution in [0.2, 0.25) is 0 Å². The first-order valence-electron chi connectivity index (χ1n) is 6.02. The first kappa shape index (κ1) is 12.8. The number of likely N-dealkylation sites (tertiary alicyclic amines) is 1. The Labute approximate surface area is 105 Å². The monoisotopic (exact) mass is 252 g/mol. The molecule has 1 saturated heterocycles. The molecule has 0 aliphatic carbocycles. The molecule has 0 bridgehead atoms. The molecule has 2 rings (SSSR count). The molecule has 1 aromatic carbocycles. The molecule has 2 N–H and O–H groups in total. The lowest BCUT2D eigenvalue weighted by atomic mass is 9.92. The zero-order chi connectivity index (χ0) is 13.1. The van der Waals surface area contributed by atoms with Gasteiger partial charge in [-0.25, -0.2) is 9.18 Å². The summed E-state index contributed by atoms with van der Waals surface area (Å²) in [6.07, 6.45) is -0.539. The zero-order valence-corrected chi connectivity index (χ0v) is 10.3. The van der Waals surface area contributed by atoms with E-state index in [1.165, 1.54) is 12.1 Å². The Morgan fingerprint density at radius 1 is 1.50 bits per heavy atom. The summed E-state index contributed by atoms with van der Waals surface area (Å²) in [5, 5.41) is 11.7. The summed E-state index contributed by atoms with van der Waals surface area (Å²) in [5.41, 5.74) is 1.05. The summed E-state index contributed by atoms with van der Waals surface area (Å²) in [6, 6.07) is 6.22. The number of carbonyl (C=O) groups is 1. The van der Waals surface area contributed by atoms with Crippen molar-refractivity contribution < 1.29 is 14.3 Å². The van der Waals surface area contributed by atoms with Crippen molar-refractivity contribution in [2.75, 3.05) is 19.6 Å². The number of nitrogens with zero attached hydrogens (tertiary/aromatic N) is 1. The number of benzene rings is 1. The molecule has 4 nitrogen and oxygen atoms in total. The molecule has 1 aromatic rings. The van der Waals surface area contributed by atoms with Gasteiger partial charge in [0.05, 0.1) is 6.10 Å². The van der Waals surface area contributed by atoms with E-state index in [0.29, 0.717) is 13.1 Å². The Hall–Kier alpha value is -1.62. The highest BCUT2D eigenvalue weighted by atomic mass is 19.1. The van der Waals surface area contributed by atoms with E-state index < -0.39 is 6.10 Å². The Morgan fingerprint density at radius 2 is 2.11 bits per heavy atom. The van der Waals surface area contributed by atoms with Gasteiger partial charge in [-0.05, 0) is 24.6 Å². The van der Waals surface area contributed by atoms with Crippen molar-refractivity contribution >= 4 is 6.03 Å². The Kier molecular flexibility index (Phi) is 3.81. The van der Waals surface area contributed by atoms with Gasteiger partial charge in [0.25, 0.3) is 0 Å². The number of hydrogen-bond donors (Lipinski definition) is 2. The summed E-state index contributed by atoms with van der Waals surface area (Å²) in [5.74, 6) is 0.0347. The van der Waals surface area contributed by atoms with E-state index in [9.17, 15) is 9.18 Å². The number of halogens is 1. The van der Waals surface area contributed by atoms with Gasteiger partial charge in [-0.1, -0.05) is 12.1 Å². The van der Waals surface area contributed by atoms with Crippen LogP contribution in [-0.2, 0) is 0 Å². The zero-order valence-electron chi connectivity index (χ0n) is 10.3. The van der Waals surface area contributed by atoms with E-state index in [-0.39, 0.29) is 24.3 Å². The summed E-state index contributed by atoms with van der Waals surface area (Å²) in [4.78, 5) is 13.3. The van der Waals surface area contributed by atoms with Crippen molar-refractivity contribution in [3.8, 4) is 0 Å². The second-order valence-electron chi connectivity index (χ2n) is 4.69. The maximum atomic E-state index is 12.8. The van der Waals surface area contributed by atoms with Crippen LogP contribution in [0.3, 0.4) is 0 Å². The van der Waals surface area contributed by atoms with E-state index >= 15 is 0 Å². The fraction of sp³-hybridized carbons (Fsp3) is 0.462. The second-order valence-corrected chi connectivity index (χ2v) is 4.69. The van der Waals surface area contributed by atoms with Crippen molar-refractivity contribution in [1.29, 1.82) is 0 Å². The Bertz CT molecular complexity index is 414. The second kappa shape index (κ2) is 5.35. The van der Waals surface area contributed by atoms with E-state index in [4.69, 9.17) is 5.11 Å². The van der Waals surface area contributed by atoms with Crippen molar-refractivity contribution in [1.82, 2.24) is 10.2 Å². The highest BCUT2D eigenvalue weighted by Crippen LogP contribution is 2.26. The molecule has 2 amide bonds. The summed E-state index contributed by atoms with van der Waals surface area (Å²) >= 11 is 0. The van der Waals surface area contributed by atoms with Gasteiger partial charge >= 0.3 is 6.03 Å². The van der Waals surface area contributed by atoms with Crippen LogP contribution in [0, 0.1) is 5.82 Å². The van der Waals surface area contributed by atoms with Crippen LogP contribution in [-0.4, -0.2) is 41.8 Å². The van der Waals surface area contributed by atoms with E-state index in [1.807, 2.05) is 0 Å². The third-order valence-corrected chi connectivity index (χ3v) is 3.06. The number of amides is 2. The molecule has 18 heavy (non-hydrogen) atoms. The van der Waals surface area contributed by atoms with Gasteiger partial charge in [-0.2, -0.15) is 0 Å². The highest BCUT2D eigenvalue weighted by Gasteiger charge is 2.31.